The first-order valence-corrected chi connectivity index (χ1v) is 14.0. The zero-order valence-electron chi connectivity index (χ0n) is 18.6. The third kappa shape index (κ3) is 4.15. The summed E-state index contributed by atoms with van der Waals surface area (Å²) in [6, 6.07) is 7.53. The standard InChI is InChI=1S/C22H23N5O4S3/c1-13-7-9-27(10-8-13)34(30,31)19-14(2)32-20-18(19)21(29)26(12-23-20)11-17(28)25-22-24-15-5-3-4-6-16(15)33-22/h3-6,12-13H,7-11H2,1-2H3,(H,24,25,28). The van der Waals surface area contributed by atoms with Crippen LogP contribution in [0.15, 0.2) is 40.3 Å². The molecule has 4 aromatic rings. The molecule has 1 saturated heterocycles. The molecule has 1 fully saturated rings. The molecule has 12 heteroatoms. The smallest absolute Gasteiger partial charge is 0.263 e. The quantitative estimate of drug-likeness (QED) is 0.434. The van der Waals surface area contributed by atoms with Gasteiger partial charge in [-0.1, -0.05) is 30.4 Å². The van der Waals surface area contributed by atoms with Gasteiger partial charge in [0.05, 0.1) is 21.9 Å². The highest BCUT2D eigenvalue weighted by Gasteiger charge is 2.33. The van der Waals surface area contributed by atoms with Crippen molar-refractivity contribution in [2.75, 3.05) is 18.4 Å². The van der Waals surface area contributed by atoms with Gasteiger partial charge in [0, 0.05) is 18.0 Å². The van der Waals surface area contributed by atoms with E-state index in [0.717, 1.165) is 27.6 Å². The van der Waals surface area contributed by atoms with Crippen LogP contribution in [0.1, 0.15) is 24.6 Å². The first kappa shape index (κ1) is 23.1. The van der Waals surface area contributed by atoms with Crippen LogP contribution in [0.2, 0.25) is 0 Å². The highest BCUT2D eigenvalue weighted by molar-refractivity contribution is 7.89. The van der Waals surface area contributed by atoms with Crippen molar-refractivity contribution in [1.82, 2.24) is 18.8 Å². The maximum absolute atomic E-state index is 13.5. The van der Waals surface area contributed by atoms with Crippen LogP contribution in [-0.4, -0.2) is 46.3 Å². The van der Waals surface area contributed by atoms with Gasteiger partial charge in [-0.3, -0.25) is 14.2 Å². The molecule has 0 bridgehead atoms. The number of hydrogen-bond donors (Lipinski definition) is 1. The Morgan fingerprint density at radius 1 is 1.21 bits per heavy atom. The van der Waals surface area contributed by atoms with E-state index in [4.69, 9.17) is 0 Å². The van der Waals surface area contributed by atoms with Crippen LogP contribution in [-0.2, 0) is 21.4 Å². The van der Waals surface area contributed by atoms with E-state index in [1.165, 1.54) is 33.3 Å². The molecule has 0 atom stereocenters. The number of nitrogens with zero attached hydrogens (tertiary/aromatic N) is 4. The number of amides is 1. The van der Waals surface area contributed by atoms with E-state index < -0.39 is 21.5 Å². The van der Waals surface area contributed by atoms with Crippen LogP contribution in [0.25, 0.3) is 20.4 Å². The molecule has 34 heavy (non-hydrogen) atoms. The third-order valence-electron chi connectivity index (χ3n) is 5.99. The molecule has 178 valence electrons. The van der Waals surface area contributed by atoms with E-state index >= 15 is 0 Å². The maximum Gasteiger partial charge on any atom is 0.263 e. The van der Waals surface area contributed by atoms with Crippen molar-refractivity contribution < 1.29 is 13.2 Å². The number of thiazole rings is 1. The van der Waals surface area contributed by atoms with E-state index in [0.29, 0.717) is 33.8 Å². The largest absolute Gasteiger partial charge is 0.300 e. The van der Waals surface area contributed by atoms with Gasteiger partial charge in [-0.15, -0.1) is 11.3 Å². The molecule has 1 N–H and O–H groups in total. The molecule has 0 radical (unpaired) electrons. The van der Waals surface area contributed by atoms with E-state index in [2.05, 4.69) is 22.2 Å². The average Bonchev–Trinajstić information content (AvgIpc) is 3.36. The lowest BCUT2D eigenvalue weighted by Crippen LogP contribution is -2.38. The molecule has 0 saturated carbocycles. The zero-order chi connectivity index (χ0) is 24.0. The molecule has 1 aliphatic heterocycles. The van der Waals surface area contributed by atoms with Crippen LogP contribution in [0.5, 0.6) is 0 Å². The number of sulfonamides is 1. The summed E-state index contributed by atoms with van der Waals surface area (Å²) in [5.41, 5.74) is 0.233. The Morgan fingerprint density at radius 2 is 1.94 bits per heavy atom. The molecule has 5 rings (SSSR count). The van der Waals surface area contributed by atoms with Crippen molar-refractivity contribution in [3.05, 3.63) is 45.8 Å². The molecule has 3 aromatic heterocycles. The summed E-state index contributed by atoms with van der Waals surface area (Å²) in [7, 11) is -3.85. The molecule has 1 aliphatic rings. The van der Waals surface area contributed by atoms with Crippen molar-refractivity contribution in [3.63, 3.8) is 0 Å². The van der Waals surface area contributed by atoms with Crippen LogP contribution < -0.4 is 10.9 Å². The second-order valence-electron chi connectivity index (χ2n) is 8.47. The topological polar surface area (TPSA) is 114 Å². The Kier molecular flexibility index (Phi) is 6.00. The molecule has 9 nitrogen and oxygen atoms in total. The molecule has 0 aliphatic carbocycles. The van der Waals surface area contributed by atoms with Crippen molar-refractivity contribution in [2.45, 2.75) is 38.1 Å². The van der Waals surface area contributed by atoms with E-state index in [1.54, 1.807) is 6.92 Å². The zero-order valence-corrected chi connectivity index (χ0v) is 21.1. The Morgan fingerprint density at radius 3 is 2.68 bits per heavy atom. The van der Waals surface area contributed by atoms with Crippen LogP contribution >= 0.6 is 22.7 Å². The van der Waals surface area contributed by atoms with Gasteiger partial charge in [-0.2, -0.15) is 4.31 Å². The van der Waals surface area contributed by atoms with Gasteiger partial charge in [0.2, 0.25) is 15.9 Å². The van der Waals surface area contributed by atoms with Crippen molar-refractivity contribution >= 4 is 64.2 Å². The Hall–Kier alpha value is -2.67. The lowest BCUT2D eigenvalue weighted by atomic mass is 10.0. The molecular weight excluding hydrogens is 494 g/mol. The Labute approximate surface area is 204 Å². The number of fused-ring (bicyclic) bond motifs is 2. The van der Waals surface area contributed by atoms with Crippen LogP contribution in [0, 0.1) is 12.8 Å². The fourth-order valence-electron chi connectivity index (χ4n) is 4.13. The summed E-state index contributed by atoms with van der Waals surface area (Å²) >= 11 is 2.52. The molecule has 1 amide bonds. The number of benzene rings is 1. The second kappa shape index (κ2) is 8.84. The minimum atomic E-state index is -3.85. The lowest BCUT2D eigenvalue weighted by molar-refractivity contribution is -0.116. The van der Waals surface area contributed by atoms with Crippen LogP contribution in [0.3, 0.4) is 0 Å². The second-order valence-corrected chi connectivity index (χ2v) is 12.6. The summed E-state index contributed by atoms with van der Waals surface area (Å²) in [5, 5.41) is 3.20. The predicted molar refractivity (Wildman–Crippen MR) is 134 cm³/mol. The minimum Gasteiger partial charge on any atom is -0.300 e. The van der Waals surface area contributed by atoms with Gasteiger partial charge in [0.25, 0.3) is 5.56 Å². The monoisotopic (exact) mass is 517 g/mol. The first-order chi connectivity index (χ1) is 16.2. The normalized spacial score (nSPS) is 15.8. The molecule has 4 heterocycles. The lowest BCUT2D eigenvalue weighted by Gasteiger charge is -2.29. The third-order valence-corrected chi connectivity index (χ3v) is 10.2. The highest BCUT2D eigenvalue weighted by Crippen LogP contribution is 2.34. The molecule has 0 spiro atoms. The average molecular weight is 518 g/mol. The molecular formula is C22H23N5O4S3. The van der Waals surface area contributed by atoms with E-state index in [1.807, 2.05) is 24.3 Å². The molecule has 1 aromatic carbocycles. The van der Waals surface area contributed by atoms with Gasteiger partial charge in [0.1, 0.15) is 16.3 Å². The fourth-order valence-corrected chi connectivity index (χ4v) is 8.15. The number of nitrogens with one attached hydrogen (secondary N) is 1. The minimum absolute atomic E-state index is 0.0143. The number of carbonyl (C=O) groups excluding carboxylic acids is 1. The predicted octanol–water partition coefficient (Wildman–Crippen LogP) is 3.44. The fraction of sp³-hybridized carbons (Fsp3) is 0.364. The summed E-state index contributed by atoms with van der Waals surface area (Å²) in [5.74, 6) is 0.0308. The number of aryl methyl sites for hydroxylation is 1. The summed E-state index contributed by atoms with van der Waals surface area (Å²) < 4.78 is 30.5. The number of thiophene rings is 1. The number of rotatable bonds is 5. The maximum atomic E-state index is 13.5. The SMILES string of the molecule is Cc1sc2ncn(CC(=O)Nc3nc4ccccc4s3)c(=O)c2c1S(=O)(=O)N1CCC(C)CC1. The number of anilines is 1. The summed E-state index contributed by atoms with van der Waals surface area (Å²) in [6.07, 6.45) is 2.86. The van der Waals surface area contributed by atoms with Gasteiger partial charge >= 0.3 is 0 Å². The highest BCUT2D eigenvalue weighted by atomic mass is 32.2. The summed E-state index contributed by atoms with van der Waals surface area (Å²) in [4.78, 5) is 35.5. The van der Waals surface area contributed by atoms with Gasteiger partial charge in [-0.05, 0) is 37.8 Å². The van der Waals surface area contributed by atoms with E-state index in [-0.39, 0.29) is 16.8 Å². The van der Waals surface area contributed by atoms with Crippen LogP contribution in [0.4, 0.5) is 5.13 Å². The number of piperidine rings is 1. The number of aromatic nitrogens is 3. The van der Waals surface area contributed by atoms with Gasteiger partial charge < -0.3 is 5.32 Å². The Balaban J connectivity index is 1.45. The summed E-state index contributed by atoms with van der Waals surface area (Å²) in [6.45, 7) is 4.36. The van der Waals surface area contributed by atoms with Crippen molar-refractivity contribution in [1.29, 1.82) is 0 Å². The number of hydrogen-bond acceptors (Lipinski definition) is 8. The van der Waals surface area contributed by atoms with Gasteiger partial charge in [0.15, 0.2) is 5.13 Å². The first-order valence-electron chi connectivity index (χ1n) is 10.9. The Bertz CT molecular complexity index is 1530. The van der Waals surface area contributed by atoms with E-state index in [9.17, 15) is 18.0 Å². The number of para-hydroxylation sites is 1. The van der Waals surface area contributed by atoms with Crippen molar-refractivity contribution in [2.24, 2.45) is 5.92 Å². The van der Waals surface area contributed by atoms with Gasteiger partial charge in [-0.25, -0.2) is 18.4 Å². The molecule has 0 unspecified atom stereocenters. The van der Waals surface area contributed by atoms with Crippen molar-refractivity contribution in [3.8, 4) is 0 Å². The number of carbonyl (C=O) groups is 1.